The first-order chi connectivity index (χ1) is 14.5. The van der Waals surface area contributed by atoms with Crippen LogP contribution in [0.2, 0.25) is 0 Å². The van der Waals surface area contributed by atoms with Crippen molar-refractivity contribution >= 4 is 34.0 Å². The molecule has 0 aliphatic carbocycles. The molecule has 0 fully saturated rings. The Morgan fingerprint density at radius 1 is 1.07 bits per heavy atom. The number of hydrogen-bond acceptors (Lipinski definition) is 5. The molecular formula is C23H23FN4O2. The van der Waals surface area contributed by atoms with Gasteiger partial charge in [-0.2, -0.15) is 0 Å². The molecule has 6 nitrogen and oxygen atoms in total. The summed E-state index contributed by atoms with van der Waals surface area (Å²) in [4.78, 5) is 22.3. The number of halogens is 1. The van der Waals surface area contributed by atoms with Gasteiger partial charge in [-0.25, -0.2) is 19.2 Å². The molecule has 2 aromatic carbocycles. The van der Waals surface area contributed by atoms with Crippen LogP contribution in [-0.2, 0) is 4.74 Å². The fourth-order valence-corrected chi connectivity index (χ4v) is 3.50. The predicted octanol–water partition coefficient (Wildman–Crippen LogP) is 4.89. The third kappa shape index (κ3) is 3.47. The fourth-order valence-electron chi connectivity index (χ4n) is 3.50. The van der Waals surface area contributed by atoms with E-state index in [9.17, 15) is 9.18 Å². The lowest BCUT2D eigenvalue weighted by atomic mass is 10.1. The summed E-state index contributed by atoms with van der Waals surface area (Å²) in [6, 6.07) is 13.2. The Morgan fingerprint density at radius 2 is 1.70 bits per heavy atom. The molecule has 4 aromatic rings. The first-order valence-electron chi connectivity index (χ1n) is 10.0. The Balaban J connectivity index is 1.90. The van der Waals surface area contributed by atoms with Gasteiger partial charge in [-0.3, -0.25) is 4.57 Å². The van der Waals surface area contributed by atoms with Crippen LogP contribution in [-0.4, -0.2) is 27.1 Å². The third-order valence-electron chi connectivity index (χ3n) is 5.39. The minimum absolute atomic E-state index is 0.168. The van der Waals surface area contributed by atoms with Gasteiger partial charge in [0, 0.05) is 5.69 Å². The minimum Gasteiger partial charge on any atom is -0.462 e. The molecule has 0 atom stereocenters. The number of para-hydroxylation sites is 2. The van der Waals surface area contributed by atoms with Crippen molar-refractivity contribution in [3.63, 3.8) is 0 Å². The highest BCUT2D eigenvalue weighted by Gasteiger charge is 2.26. The van der Waals surface area contributed by atoms with E-state index in [0.717, 1.165) is 12.8 Å². The fraction of sp³-hybridized carbons (Fsp3) is 0.261. The van der Waals surface area contributed by atoms with E-state index in [2.05, 4.69) is 23.8 Å². The van der Waals surface area contributed by atoms with E-state index in [1.54, 1.807) is 16.7 Å². The predicted molar refractivity (Wildman–Crippen MR) is 115 cm³/mol. The van der Waals surface area contributed by atoms with Gasteiger partial charge in [-0.15, -0.1) is 0 Å². The number of nitrogens with zero attached hydrogens (tertiary/aromatic N) is 3. The topological polar surface area (TPSA) is 83.0 Å². The van der Waals surface area contributed by atoms with Gasteiger partial charge < -0.3 is 10.5 Å². The van der Waals surface area contributed by atoms with Crippen molar-refractivity contribution in [3.8, 4) is 5.69 Å². The number of carbonyl (C=O) groups is 1. The summed E-state index contributed by atoms with van der Waals surface area (Å²) in [7, 11) is 0. The van der Waals surface area contributed by atoms with Crippen LogP contribution >= 0.6 is 0 Å². The largest absolute Gasteiger partial charge is 0.462 e. The molecule has 154 valence electrons. The lowest BCUT2D eigenvalue weighted by Gasteiger charge is -2.12. The lowest BCUT2D eigenvalue weighted by molar-refractivity contribution is 0.0436. The van der Waals surface area contributed by atoms with Crippen LogP contribution in [0.1, 0.15) is 37.0 Å². The van der Waals surface area contributed by atoms with E-state index in [4.69, 9.17) is 10.5 Å². The zero-order chi connectivity index (χ0) is 21.3. The summed E-state index contributed by atoms with van der Waals surface area (Å²) in [5.41, 5.74) is 9.28. The average molecular weight is 406 g/mol. The van der Waals surface area contributed by atoms with Gasteiger partial charge in [-0.05, 0) is 42.3 Å². The minimum atomic E-state index is -0.533. The van der Waals surface area contributed by atoms with E-state index in [1.807, 2.05) is 24.3 Å². The average Bonchev–Trinajstić information content (AvgIpc) is 3.04. The molecular weight excluding hydrogens is 383 g/mol. The molecule has 4 rings (SSSR count). The van der Waals surface area contributed by atoms with Gasteiger partial charge in [0.1, 0.15) is 22.7 Å². The third-order valence-corrected chi connectivity index (χ3v) is 5.39. The van der Waals surface area contributed by atoms with Crippen LogP contribution in [0.3, 0.4) is 0 Å². The van der Waals surface area contributed by atoms with Gasteiger partial charge in [-0.1, -0.05) is 38.8 Å². The molecule has 2 N–H and O–H groups in total. The maximum Gasteiger partial charge on any atom is 0.344 e. The van der Waals surface area contributed by atoms with Crippen molar-refractivity contribution in [1.29, 1.82) is 0 Å². The second-order valence-corrected chi connectivity index (χ2v) is 7.24. The summed E-state index contributed by atoms with van der Waals surface area (Å²) in [6.45, 7) is 4.44. The maximum absolute atomic E-state index is 13.5. The highest BCUT2D eigenvalue weighted by Crippen LogP contribution is 2.31. The molecule has 0 saturated heterocycles. The van der Waals surface area contributed by atoms with Gasteiger partial charge in [0.2, 0.25) is 0 Å². The van der Waals surface area contributed by atoms with Crippen LogP contribution in [0, 0.1) is 11.7 Å². The number of esters is 1. The number of nitrogen functional groups attached to an aromatic ring is 1. The first-order valence-corrected chi connectivity index (χ1v) is 10.0. The van der Waals surface area contributed by atoms with Crippen LogP contribution in [0.15, 0.2) is 48.5 Å². The number of ether oxygens (including phenoxy) is 1. The maximum atomic E-state index is 13.5. The number of fused-ring (bicyclic) bond motifs is 2. The number of rotatable bonds is 6. The van der Waals surface area contributed by atoms with Crippen molar-refractivity contribution in [2.24, 2.45) is 5.92 Å². The molecule has 7 heteroatoms. The van der Waals surface area contributed by atoms with Crippen molar-refractivity contribution < 1.29 is 13.9 Å². The Morgan fingerprint density at radius 3 is 2.33 bits per heavy atom. The number of carbonyl (C=O) groups excluding carboxylic acids is 1. The SMILES string of the molecule is CCC(CC)COC(=O)c1c(N)n(-c2ccc(F)cc2)c2nc3ccccc3nc12. The molecule has 30 heavy (non-hydrogen) atoms. The van der Waals surface area contributed by atoms with Crippen LogP contribution < -0.4 is 5.73 Å². The summed E-state index contributed by atoms with van der Waals surface area (Å²) < 4.78 is 20.7. The smallest absolute Gasteiger partial charge is 0.344 e. The van der Waals surface area contributed by atoms with Gasteiger partial charge >= 0.3 is 5.97 Å². The zero-order valence-corrected chi connectivity index (χ0v) is 16.9. The van der Waals surface area contributed by atoms with Crippen molar-refractivity contribution in [2.75, 3.05) is 12.3 Å². The van der Waals surface area contributed by atoms with Gasteiger partial charge in [0.25, 0.3) is 0 Å². The number of nitrogens with two attached hydrogens (primary N) is 1. The highest BCUT2D eigenvalue weighted by atomic mass is 19.1. The number of benzene rings is 2. The molecule has 2 heterocycles. The molecule has 0 unspecified atom stereocenters. The molecule has 0 radical (unpaired) electrons. The van der Waals surface area contributed by atoms with Crippen LogP contribution in [0.5, 0.6) is 0 Å². The number of hydrogen-bond donors (Lipinski definition) is 1. The van der Waals surface area contributed by atoms with Gasteiger partial charge in [0.15, 0.2) is 5.65 Å². The molecule has 0 bridgehead atoms. The normalized spacial score (nSPS) is 11.5. The number of anilines is 1. The summed E-state index contributed by atoms with van der Waals surface area (Å²) in [5.74, 6) is -0.445. The van der Waals surface area contributed by atoms with E-state index < -0.39 is 5.97 Å². The van der Waals surface area contributed by atoms with Gasteiger partial charge in [0.05, 0.1) is 17.6 Å². The molecule has 0 spiro atoms. The van der Waals surface area contributed by atoms with E-state index >= 15 is 0 Å². The van der Waals surface area contributed by atoms with Crippen LogP contribution in [0.25, 0.3) is 27.9 Å². The lowest BCUT2D eigenvalue weighted by Crippen LogP contribution is -2.15. The molecule has 0 saturated carbocycles. The quantitative estimate of drug-likeness (QED) is 0.461. The molecule has 0 aliphatic rings. The van der Waals surface area contributed by atoms with E-state index in [-0.39, 0.29) is 23.1 Å². The van der Waals surface area contributed by atoms with Crippen molar-refractivity contribution in [3.05, 3.63) is 59.9 Å². The summed E-state index contributed by atoms with van der Waals surface area (Å²) in [6.07, 6.45) is 1.84. The molecule has 0 aliphatic heterocycles. The van der Waals surface area contributed by atoms with E-state index in [0.29, 0.717) is 34.5 Å². The standard InChI is InChI=1S/C23H23FN4O2/c1-3-14(4-2)13-30-23(29)19-20-22(27-18-8-6-5-7-17(18)26-20)28(21(19)25)16-11-9-15(24)10-12-16/h5-12,14H,3-4,13,25H2,1-2H3. The first kappa shape index (κ1) is 19.8. The van der Waals surface area contributed by atoms with Crippen molar-refractivity contribution in [1.82, 2.24) is 14.5 Å². The second-order valence-electron chi connectivity index (χ2n) is 7.24. The summed E-state index contributed by atoms with van der Waals surface area (Å²) >= 11 is 0. The molecule has 2 aromatic heterocycles. The summed E-state index contributed by atoms with van der Waals surface area (Å²) in [5, 5.41) is 0. The second kappa shape index (κ2) is 8.10. The Labute approximate surface area is 173 Å². The Hall–Kier alpha value is -3.48. The molecule has 0 amide bonds. The van der Waals surface area contributed by atoms with Crippen molar-refractivity contribution in [2.45, 2.75) is 26.7 Å². The Bertz CT molecular complexity index is 1210. The van der Waals surface area contributed by atoms with Crippen LogP contribution in [0.4, 0.5) is 10.2 Å². The van der Waals surface area contributed by atoms with E-state index in [1.165, 1.54) is 12.1 Å². The monoisotopic (exact) mass is 406 g/mol. The Kier molecular flexibility index (Phi) is 5.35. The zero-order valence-electron chi connectivity index (χ0n) is 16.9. The highest BCUT2D eigenvalue weighted by molar-refractivity contribution is 6.09. The number of aromatic nitrogens is 3.